The van der Waals surface area contributed by atoms with Crippen molar-refractivity contribution in [2.24, 2.45) is 0 Å². The van der Waals surface area contributed by atoms with Crippen LogP contribution in [0.2, 0.25) is 0 Å². The Labute approximate surface area is 275 Å². The fourth-order valence-electron chi connectivity index (χ4n) is 7.13. The number of hydrogen-bond donors (Lipinski definition) is 0. The average Bonchev–Trinajstić information content (AvgIpc) is 3.71. The van der Waals surface area contributed by atoms with E-state index in [0.717, 1.165) is 60.6 Å². The molecule has 3 heterocycles. The summed E-state index contributed by atoms with van der Waals surface area (Å²) in [6, 6.07) is 54.4. The maximum Gasteiger partial charge on any atom is 0.238 e. The van der Waals surface area contributed by atoms with Crippen LogP contribution in [0.1, 0.15) is 0 Å². The Morgan fingerprint density at radius 1 is 0.417 bits per heavy atom. The van der Waals surface area contributed by atoms with Gasteiger partial charge in [0.1, 0.15) is 11.2 Å². The van der Waals surface area contributed by atoms with Crippen LogP contribution < -0.4 is 0 Å². The highest BCUT2D eigenvalue weighted by molar-refractivity contribution is 6.21. The van der Waals surface area contributed by atoms with Crippen molar-refractivity contribution in [2.75, 3.05) is 0 Å². The molecule has 0 unspecified atom stereocenters. The fraction of sp³-hybridized carbons (Fsp3) is 0. The van der Waals surface area contributed by atoms with Gasteiger partial charge in [-0.25, -0.2) is 4.98 Å². The predicted octanol–water partition coefficient (Wildman–Crippen LogP) is 11.0. The van der Waals surface area contributed by atoms with Gasteiger partial charge < -0.3 is 4.42 Å². The summed E-state index contributed by atoms with van der Waals surface area (Å²) in [7, 11) is 0. The molecule has 5 heteroatoms. The van der Waals surface area contributed by atoms with Crippen LogP contribution in [0.4, 0.5) is 0 Å². The molecule has 0 saturated heterocycles. The SMILES string of the molecule is c1ccc(-c2ccccc2-c2nc(-c3cccc4c3oc3ccccc34)nc(-n3c4ccccc4c4c5ccccc5ccc43)n2)cc1. The van der Waals surface area contributed by atoms with Gasteiger partial charge in [-0.15, -0.1) is 0 Å². The van der Waals surface area contributed by atoms with Gasteiger partial charge in [-0.1, -0.05) is 133 Å². The number of para-hydroxylation sites is 3. The number of hydrogen-bond acceptors (Lipinski definition) is 4. The molecular weight excluding hydrogens is 589 g/mol. The Hall–Kier alpha value is -6.59. The van der Waals surface area contributed by atoms with Crippen LogP contribution in [0, 0.1) is 0 Å². The molecule has 0 atom stereocenters. The summed E-state index contributed by atoms with van der Waals surface area (Å²) in [6.07, 6.45) is 0. The van der Waals surface area contributed by atoms with E-state index < -0.39 is 0 Å². The lowest BCUT2D eigenvalue weighted by atomic mass is 9.99. The lowest BCUT2D eigenvalue weighted by Crippen LogP contribution is -2.07. The Morgan fingerprint density at radius 3 is 1.94 bits per heavy atom. The zero-order chi connectivity index (χ0) is 31.6. The molecule has 7 aromatic carbocycles. The van der Waals surface area contributed by atoms with E-state index in [2.05, 4.69) is 120 Å². The van der Waals surface area contributed by atoms with Gasteiger partial charge in [-0.3, -0.25) is 4.57 Å². The van der Waals surface area contributed by atoms with E-state index in [1.54, 1.807) is 0 Å². The van der Waals surface area contributed by atoms with E-state index >= 15 is 0 Å². The minimum absolute atomic E-state index is 0.549. The van der Waals surface area contributed by atoms with Crippen LogP contribution in [-0.4, -0.2) is 19.5 Å². The molecule has 0 aliphatic heterocycles. The van der Waals surface area contributed by atoms with Crippen molar-refractivity contribution in [3.05, 3.63) is 158 Å². The average molecular weight is 615 g/mol. The van der Waals surface area contributed by atoms with Gasteiger partial charge >= 0.3 is 0 Å². The Bertz CT molecular complexity index is 2850. The third-order valence-electron chi connectivity index (χ3n) is 9.28. The first-order chi connectivity index (χ1) is 23.8. The van der Waals surface area contributed by atoms with Crippen molar-refractivity contribution in [1.29, 1.82) is 0 Å². The first kappa shape index (κ1) is 26.6. The lowest BCUT2D eigenvalue weighted by molar-refractivity contribution is 0.669. The monoisotopic (exact) mass is 614 g/mol. The van der Waals surface area contributed by atoms with Crippen LogP contribution in [0.5, 0.6) is 0 Å². The van der Waals surface area contributed by atoms with Gasteiger partial charge in [0, 0.05) is 27.1 Å². The highest BCUT2D eigenvalue weighted by atomic mass is 16.3. The maximum absolute atomic E-state index is 6.49. The molecule has 48 heavy (non-hydrogen) atoms. The topological polar surface area (TPSA) is 56.7 Å². The van der Waals surface area contributed by atoms with Crippen molar-refractivity contribution in [3.8, 4) is 39.9 Å². The number of nitrogens with zero attached hydrogens (tertiary/aromatic N) is 4. The van der Waals surface area contributed by atoms with Gasteiger partial charge in [0.05, 0.1) is 16.6 Å². The molecule has 224 valence electrons. The third-order valence-corrected chi connectivity index (χ3v) is 9.28. The summed E-state index contributed by atoms with van der Waals surface area (Å²) in [5, 5.41) is 6.81. The highest BCUT2D eigenvalue weighted by Crippen LogP contribution is 2.39. The van der Waals surface area contributed by atoms with Crippen LogP contribution in [0.3, 0.4) is 0 Å². The largest absolute Gasteiger partial charge is 0.455 e. The number of rotatable bonds is 4. The van der Waals surface area contributed by atoms with E-state index in [0.29, 0.717) is 17.6 Å². The molecule has 0 amide bonds. The molecular formula is C43H26N4O. The molecule has 0 aliphatic carbocycles. The van der Waals surface area contributed by atoms with Gasteiger partial charge in [-0.2, -0.15) is 9.97 Å². The van der Waals surface area contributed by atoms with Crippen LogP contribution in [0.25, 0.3) is 94.4 Å². The first-order valence-corrected chi connectivity index (χ1v) is 16.0. The van der Waals surface area contributed by atoms with Crippen molar-refractivity contribution in [3.63, 3.8) is 0 Å². The standard InChI is InChI=1S/C43H26N4O/c1-2-13-27(14-3-1)29-16-6-7-19-33(29)41-44-42(35-22-12-21-32-31-18-9-11-24-38(31)48-40(32)35)46-43(45-41)47-36-23-10-8-20-34(36)39-30-17-5-4-15-28(30)25-26-37(39)47/h1-26H. The molecule has 0 aliphatic rings. The van der Waals surface area contributed by atoms with Crippen LogP contribution >= 0.6 is 0 Å². The number of benzene rings is 7. The van der Waals surface area contributed by atoms with E-state index in [9.17, 15) is 0 Å². The van der Waals surface area contributed by atoms with Crippen molar-refractivity contribution < 1.29 is 4.42 Å². The second-order valence-corrected chi connectivity index (χ2v) is 12.0. The summed E-state index contributed by atoms with van der Waals surface area (Å²) in [6.45, 7) is 0. The summed E-state index contributed by atoms with van der Waals surface area (Å²) in [4.78, 5) is 15.7. The van der Waals surface area contributed by atoms with Crippen LogP contribution in [-0.2, 0) is 0 Å². The quantitative estimate of drug-likeness (QED) is 0.198. The summed E-state index contributed by atoms with van der Waals surface area (Å²) < 4.78 is 8.66. The molecule has 3 aromatic heterocycles. The Balaban J connectivity index is 1.32. The first-order valence-electron chi connectivity index (χ1n) is 16.0. The summed E-state index contributed by atoms with van der Waals surface area (Å²) in [5.74, 6) is 1.69. The molecule has 0 spiro atoms. The van der Waals surface area contributed by atoms with E-state index in [-0.39, 0.29) is 0 Å². The molecule has 10 rings (SSSR count). The molecule has 5 nitrogen and oxygen atoms in total. The number of aromatic nitrogens is 4. The minimum atomic E-state index is 0.549. The molecule has 10 aromatic rings. The predicted molar refractivity (Wildman–Crippen MR) is 195 cm³/mol. The van der Waals surface area contributed by atoms with E-state index in [1.807, 2.05) is 42.5 Å². The minimum Gasteiger partial charge on any atom is -0.455 e. The zero-order valence-electron chi connectivity index (χ0n) is 25.7. The highest BCUT2D eigenvalue weighted by Gasteiger charge is 2.22. The number of fused-ring (bicyclic) bond motifs is 8. The van der Waals surface area contributed by atoms with Crippen LogP contribution in [0.15, 0.2) is 162 Å². The van der Waals surface area contributed by atoms with Gasteiger partial charge in [-0.05, 0) is 46.2 Å². The summed E-state index contributed by atoms with van der Waals surface area (Å²) >= 11 is 0. The second kappa shape index (κ2) is 10.5. The third kappa shape index (κ3) is 4.01. The molecule has 0 radical (unpaired) electrons. The zero-order valence-corrected chi connectivity index (χ0v) is 25.7. The van der Waals surface area contributed by atoms with Crippen molar-refractivity contribution >= 4 is 54.5 Å². The maximum atomic E-state index is 6.49. The molecule has 0 bridgehead atoms. The second-order valence-electron chi connectivity index (χ2n) is 12.0. The lowest BCUT2D eigenvalue weighted by Gasteiger charge is -2.13. The normalized spacial score (nSPS) is 11.8. The number of furan rings is 1. The molecule has 0 saturated carbocycles. The summed E-state index contributed by atoms with van der Waals surface area (Å²) in [5.41, 5.74) is 7.55. The van der Waals surface area contributed by atoms with Gasteiger partial charge in [0.2, 0.25) is 5.95 Å². The fourth-order valence-corrected chi connectivity index (χ4v) is 7.13. The van der Waals surface area contributed by atoms with Gasteiger partial charge in [0.15, 0.2) is 11.6 Å². The Morgan fingerprint density at radius 2 is 1.06 bits per heavy atom. The molecule has 0 fully saturated rings. The van der Waals surface area contributed by atoms with E-state index in [4.69, 9.17) is 19.4 Å². The van der Waals surface area contributed by atoms with Gasteiger partial charge in [0.25, 0.3) is 0 Å². The van der Waals surface area contributed by atoms with E-state index in [1.165, 1.54) is 16.2 Å². The van der Waals surface area contributed by atoms with Crippen molar-refractivity contribution in [1.82, 2.24) is 19.5 Å². The molecule has 0 N–H and O–H groups in total. The smallest absolute Gasteiger partial charge is 0.238 e. The van der Waals surface area contributed by atoms with Crippen molar-refractivity contribution in [2.45, 2.75) is 0 Å². The Kier molecular flexibility index (Phi) is 5.81.